The van der Waals surface area contributed by atoms with Crippen LogP contribution in [-0.2, 0) is 11.4 Å². The van der Waals surface area contributed by atoms with Gasteiger partial charge in [0.05, 0.1) is 37.8 Å². The minimum absolute atomic E-state index is 0.157. The van der Waals surface area contributed by atoms with Crippen LogP contribution in [0.5, 0.6) is 11.5 Å². The van der Waals surface area contributed by atoms with E-state index in [1.54, 1.807) is 55.6 Å². The number of benzene rings is 3. The topological polar surface area (TPSA) is 88.4 Å². The van der Waals surface area contributed by atoms with Crippen LogP contribution in [0.3, 0.4) is 0 Å². The number of thioether (sulfide) groups is 1. The number of amides is 1. The van der Waals surface area contributed by atoms with Gasteiger partial charge in [0.1, 0.15) is 6.61 Å². The molecule has 3 aromatic rings. The first-order chi connectivity index (χ1) is 18.2. The molecule has 1 heterocycles. The molecule has 0 aliphatic carbocycles. The van der Waals surface area contributed by atoms with Crippen molar-refractivity contribution >= 4 is 75.4 Å². The third kappa shape index (κ3) is 6.45. The van der Waals surface area contributed by atoms with Crippen LogP contribution in [0.4, 0.5) is 5.69 Å². The molecule has 38 heavy (non-hydrogen) atoms. The summed E-state index contributed by atoms with van der Waals surface area (Å²) in [7, 11) is 1.62. The van der Waals surface area contributed by atoms with Gasteiger partial charge < -0.3 is 14.6 Å². The number of aliphatic imine (C=N–C) groups is 1. The summed E-state index contributed by atoms with van der Waals surface area (Å²) in [4.78, 5) is 30.3. The normalized spacial score (nSPS) is 15.4. The van der Waals surface area contributed by atoms with Crippen molar-refractivity contribution in [2.24, 2.45) is 4.99 Å². The Bertz CT molecular complexity index is 1460. The van der Waals surface area contributed by atoms with Crippen LogP contribution < -0.4 is 9.47 Å². The average Bonchev–Trinajstić information content (AvgIpc) is 3.13. The van der Waals surface area contributed by atoms with E-state index in [0.717, 1.165) is 5.56 Å². The summed E-state index contributed by atoms with van der Waals surface area (Å²) in [5.41, 5.74) is 2.15. The molecule has 1 aliphatic rings. The molecule has 1 saturated heterocycles. The van der Waals surface area contributed by atoms with E-state index in [9.17, 15) is 9.59 Å². The molecule has 0 radical (unpaired) electrons. The number of hydrogen-bond acceptors (Lipinski definition) is 6. The summed E-state index contributed by atoms with van der Waals surface area (Å²) in [5.74, 6) is -0.447. The number of carbonyl (C=O) groups is 2. The average molecular weight is 592 g/mol. The van der Waals surface area contributed by atoms with Crippen molar-refractivity contribution in [3.05, 3.63) is 91.3 Å². The summed E-state index contributed by atoms with van der Waals surface area (Å²) < 4.78 is 11.7. The maximum Gasteiger partial charge on any atom is 0.335 e. The third-order valence-corrected chi connectivity index (χ3v) is 7.42. The number of carboxylic acid groups (broad SMARTS) is 1. The minimum atomic E-state index is -1.02. The van der Waals surface area contributed by atoms with Crippen molar-refractivity contribution in [3.8, 4) is 11.5 Å². The van der Waals surface area contributed by atoms with Crippen molar-refractivity contribution < 1.29 is 24.2 Å². The highest BCUT2D eigenvalue weighted by molar-refractivity contribution is 8.18. The van der Waals surface area contributed by atoms with Gasteiger partial charge in [-0.15, -0.1) is 0 Å². The summed E-state index contributed by atoms with van der Waals surface area (Å²) in [6.45, 7) is 2.43. The molecule has 196 valence electrons. The van der Waals surface area contributed by atoms with Crippen LogP contribution in [0.2, 0.25) is 15.1 Å². The van der Waals surface area contributed by atoms with E-state index in [-0.39, 0.29) is 18.1 Å². The van der Waals surface area contributed by atoms with Gasteiger partial charge in [0.2, 0.25) is 0 Å². The lowest BCUT2D eigenvalue weighted by molar-refractivity contribution is -0.121. The van der Waals surface area contributed by atoms with Gasteiger partial charge in [-0.2, -0.15) is 0 Å². The molecule has 0 saturated carbocycles. The molecule has 1 fully saturated rings. The Hall–Kier alpha value is -3.17. The Morgan fingerprint density at radius 3 is 2.42 bits per heavy atom. The van der Waals surface area contributed by atoms with Crippen LogP contribution in [-0.4, -0.2) is 40.7 Å². The summed E-state index contributed by atoms with van der Waals surface area (Å²) in [6.07, 6.45) is 1.71. The number of halogens is 3. The number of aromatic carboxylic acids is 1. The standard InChI is InChI=1S/C27H21Cl3N2O5S/c1-3-36-22-12-16(11-21(30)24(22)37-14-15-4-9-19(28)20(29)10-15)13-23-25(33)32(2)27(38-23)31-18-7-5-17(6-8-18)26(34)35/h4-13H,3,14H2,1-2H3,(H,34,35)/b23-13-,31-27?. The van der Waals surface area contributed by atoms with Gasteiger partial charge >= 0.3 is 5.97 Å². The van der Waals surface area contributed by atoms with Gasteiger partial charge in [-0.3, -0.25) is 9.69 Å². The Kier molecular flexibility index (Phi) is 8.89. The van der Waals surface area contributed by atoms with Gasteiger partial charge in [-0.25, -0.2) is 9.79 Å². The van der Waals surface area contributed by atoms with Crippen LogP contribution in [0, 0.1) is 0 Å². The highest BCUT2D eigenvalue weighted by Crippen LogP contribution is 2.40. The number of rotatable bonds is 8. The zero-order valence-corrected chi connectivity index (χ0v) is 23.3. The van der Waals surface area contributed by atoms with Gasteiger partial charge in [0.25, 0.3) is 5.91 Å². The molecule has 1 aliphatic heterocycles. The molecule has 7 nitrogen and oxygen atoms in total. The first-order valence-corrected chi connectivity index (χ1v) is 13.2. The first-order valence-electron chi connectivity index (χ1n) is 11.3. The predicted molar refractivity (Wildman–Crippen MR) is 152 cm³/mol. The number of carboxylic acids is 1. The fourth-order valence-electron chi connectivity index (χ4n) is 3.45. The van der Waals surface area contributed by atoms with Crippen molar-refractivity contribution in [1.82, 2.24) is 4.90 Å². The maximum atomic E-state index is 12.9. The SMILES string of the molecule is CCOc1cc(/C=C2\SC(=Nc3ccc(C(=O)O)cc3)N(C)C2=O)cc(Cl)c1OCc1ccc(Cl)c(Cl)c1. The Labute approximate surface area is 238 Å². The molecule has 3 aromatic carbocycles. The lowest BCUT2D eigenvalue weighted by Crippen LogP contribution is -2.23. The second-order valence-corrected chi connectivity index (χ2v) is 10.3. The monoisotopic (exact) mass is 590 g/mol. The van der Waals surface area contributed by atoms with Crippen molar-refractivity contribution in [2.45, 2.75) is 13.5 Å². The van der Waals surface area contributed by atoms with Gasteiger partial charge in [-0.05, 0) is 84.4 Å². The van der Waals surface area contributed by atoms with Gasteiger partial charge in [0.15, 0.2) is 16.7 Å². The largest absolute Gasteiger partial charge is 0.490 e. The number of carbonyl (C=O) groups excluding carboxylic acids is 1. The van der Waals surface area contributed by atoms with Gasteiger partial charge in [0, 0.05) is 7.05 Å². The predicted octanol–water partition coefficient (Wildman–Crippen LogP) is 7.56. The highest BCUT2D eigenvalue weighted by Gasteiger charge is 2.30. The molecular weight excluding hydrogens is 571 g/mol. The quantitative estimate of drug-likeness (QED) is 0.272. The second kappa shape index (κ2) is 12.1. The molecule has 4 rings (SSSR count). The molecule has 0 unspecified atom stereocenters. The second-order valence-electron chi connectivity index (χ2n) is 8.02. The van der Waals surface area contributed by atoms with E-state index in [1.165, 1.54) is 28.8 Å². The number of nitrogens with zero attached hydrogens (tertiary/aromatic N) is 2. The maximum absolute atomic E-state index is 12.9. The van der Waals surface area contributed by atoms with E-state index < -0.39 is 5.97 Å². The van der Waals surface area contributed by atoms with Crippen LogP contribution in [0.15, 0.2) is 64.5 Å². The lowest BCUT2D eigenvalue weighted by atomic mass is 10.1. The van der Waals surface area contributed by atoms with E-state index in [4.69, 9.17) is 49.4 Å². The van der Waals surface area contributed by atoms with Crippen molar-refractivity contribution in [1.29, 1.82) is 0 Å². The highest BCUT2D eigenvalue weighted by atomic mass is 35.5. The zero-order chi connectivity index (χ0) is 27.4. The fraction of sp³-hybridized carbons (Fsp3) is 0.148. The summed E-state index contributed by atoms with van der Waals surface area (Å²) >= 11 is 19.8. The molecule has 0 atom stereocenters. The van der Waals surface area contributed by atoms with Crippen LogP contribution in [0.25, 0.3) is 6.08 Å². The van der Waals surface area contributed by atoms with Crippen LogP contribution in [0.1, 0.15) is 28.4 Å². The van der Waals surface area contributed by atoms with E-state index >= 15 is 0 Å². The summed E-state index contributed by atoms with van der Waals surface area (Å²) in [5, 5.41) is 10.7. The zero-order valence-electron chi connectivity index (χ0n) is 20.2. The van der Waals surface area contributed by atoms with Crippen molar-refractivity contribution in [2.75, 3.05) is 13.7 Å². The minimum Gasteiger partial charge on any atom is -0.490 e. The molecule has 0 bridgehead atoms. The van der Waals surface area contributed by atoms with E-state index in [2.05, 4.69) is 4.99 Å². The number of ether oxygens (including phenoxy) is 2. The lowest BCUT2D eigenvalue weighted by Gasteiger charge is -2.15. The van der Waals surface area contributed by atoms with Crippen LogP contribution >= 0.6 is 46.6 Å². The molecule has 1 N–H and O–H groups in total. The Balaban J connectivity index is 1.57. The molecule has 11 heteroatoms. The molecule has 0 spiro atoms. The number of hydrogen-bond donors (Lipinski definition) is 1. The smallest absolute Gasteiger partial charge is 0.335 e. The fourth-order valence-corrected chi connectivity index (χ4v) is 5.03. The Morgan fingerprint density at radius 1 is 1.03 bits per heavy atom. The van der Waals surface area contributed by atoms with Crippen molar-refractivity contribution in [3.63, 3.8) is 0 Å². The molecule has 0 aromatic heterocycles. The van der Waals surface area contributed by atoms with Gasteiger partial charge in [-0.1, -0.05) is 40.9 Å². The van der Waals surface area contributed by atoms with E-state index in [0.29, 0.717) is 54.5 Å². The molecule has 1 amide bonds. The summed E-state index contributed by atoms with van der Waals surface area (Å²) in [6, 6.07) is 14.7. The third-order valence-electron chi connectivity index (χ3n) is 5.34. The first kappa shape index (κ1) is 27.9. The molecular formula is C27H21Cl3N2O5S. The number of likely N-dealkylation sites (N-methyl/N-ethyl adjacent to an activating group) is 1. The Morgan fingerprint density at radius 2 is 1.76 bits per heavy atom. The number of amidine groups is 1. The van der Waals surface area contributed by atoms with E-state index in [1.807, 2.05) is 6.92 Å².